The number of ether oxygens (including phenoxy) is 2. The number of nitrogens with one attached hydrogen (secondary N) is 1. The summed E-state index contributed by atoms with van der Waals surface area (Å²) in [7, 11) is 0. The SMILES string of the molecule is O=C1CCC(N2Cc3c(OCc4ccc(C/C5=C\CCOCCC5[O-])cc4)cccc3C2=O)C(=O)N1. The Morgan fingerprint density at radius 2 is 1.83 bits per heavy atom. The predicted octanol–water partition coefficient (Wildman–Crippen LogP) is 2.03. The van der Waals surface area contributed by atoms with Crippen molar-refractivity contribution >= 4 is 17.7 Å². The first kappa shape index (κ1) is 24.2. The fourth-order valence-corrected chi connectivity index (χ4v) is 4.97. The van der Waals surface area contributed by atoms with Crippen molar-refractivity contribution < 1.29 is 29.0 Å². The first-order valence-corrected chi connectivity index (χ1v) is 12.4. The molecular weight excluding hydrogens is 460 g/mol. The van der Waals surface area contributed by atoms with E-state index in [4.69, 9.17) is 9.47 Å². The molecule has 8 nitrogen and oxygen atoms in total. The maximum Gasteiger partial charge on any atom is 0.255 e. The number of benzene rings is 2. The number of piperidine rings is 1. The first-order chi connectivity index (χ1) is 17.5. The van der Waals surface area contributed by atoms with Crippen molar-refractivity contribution in [1.29, 1.82) is 0 Å². The van der Waals surface area contributed by atoms with E-state index in [-0.39, 0.29) is 24.8 Å². The van der Waals surface area contributed by atoms with Crippen LogP contribution in [0.3, 0.4) is 0 Å². The molecule has 3 aliphatic heterocycles. The topological polar surface area (TPSA) is 108 Å². The smallest absolute Gasteiger partial charge is 0.255 e. The lowest BCUT2D eigenvalue weighted by Gasteiger charge is -2.29. The quantitative estimate of drug-likeness (QED) is 0.492. The summed E-state index contributed by atoms with van der Waals surface area (Å²) in [5, 5.41) is 14.7. The summed E-state index contributed by atoms with van der Waals surface area (Å²) in [5.74, 6) is -0.349. The molecule has 0 saturated carbocycles. The van der Waals surface area contributed by atoms with Gasteiger partial charge in [0.05, 0.1) is 13.2 Å². The lowest BCUT2D eigenvalue weighted by molar-refractivity contribution is -0.409. The average Bonchev–Trinajstić information content (AvgIpc) is 3.20. The zero-order valence-electron chi connectivity index (χ0n) is 20.0. The molecule has 0 aromatic heterocycles. The van der Waals surface area contributed by atoms with Gasteiger partial charge in [0.1, 0.15) is 18.4 Å². The van der Waals surface area contributed by atoms with Crippen molar-refractivity contribution in [1.82, 2.24) is 10.2 Å². The Kier molecular flexibility index (Phi) is 7.16. The molecule has 1 saturated heterocycles. The number of nitrogens with zero attached hydrogens (tertiary/aromatic N) is 1. The molecule has 188 valence electrons. The Morgan fingerprint density at radius 3 is 2.64 bits per heavy atom. The van der Waals surface area contributed by atoms with E-state index in [1.807, 2.05) is 36.4 Å². The second kappa shape index (κ2) is 10.6. The number of hydrogen-bond donors (Lipinski definition) is 1. The summed E-state index contributed by atoms with van der Waals surface area (Å²) in [5.41, 5.74) is 4.26. The van der Waals surface area contributed by atoms with Gasteiger partial charge in [0.15, 0.2) is 0 Å². The van der Waals surface area contributed by atoms with E-state index in [0.717, 1.165) is 28.7 Å². The molecule has 0 radical (unpaired) electrons. The number of imide groups is 1. The molecule has 3 aliphatic rings. The zero-order valence-corrected chi connectivity index (χ0v) is 20.0. The molecule has 2 aromatic rings. The van der Waals surface area contributed by atoms with E-state index < -0.39 is 18.1 Å². The van der Waals surface area contributed by atoms with Gasteiger partial charge in [-0.2, -0.15) is 0 Å². The van der Waals surface area contributed by atoms with Crippen LogP contribution in [-0.4, -0.2) is 48.0 Å². The Balaban J connectivity index is 1.23. The van der Waals surface area contributed by atoms with Crippen molar-refractivity contribution in [2.24, 2.45) is 0 Å². The highest BCUT2D eigenvalue weighted by Crippen LogP contribution is 2.34. The summed E-state index contributed by atoms with van der Waals surface area (Å²) in [4.78, 5) is 38.3. The summed E-state index contributed by atoms with van der Waals surface area (Å²) >= 11 is 0. The molecule has 1 N–H and O–H groups in total. The van der Waals surface area contributed by atoms with Gasteiger partial charge in [-0.3, -0.25) is 19.7 Å². The normalized spacial score (nSPS) is 23.9. The fraction of sp³-hybridized carbons (Fsp3) is 0.393. The van der Waals surface area contributed by atoms with Gasteiger partial charge in [0.25, 0.3) is 5.91 Å². The van der Waals surface area contributed by atoms with Crippen LogP contribution in [0.2, 0.25) is 0 Å². The van der Waals surface area contributed by atoms with Gasteiger partial charge < -0.3 is 19.5 Å². The van der Waals surface area contributed by atoms with E-state index in [9.17, 15) is 19.5 Å². The molecule has 8 heteroatoms. The van der Waals surface area contributed by atoms with Crippen molar-refractivity contribution in [3.8, 4) is 5.75 Å². The molecular formula is C28H29N2O6-. The number of rotatable bonds is 6. The van der Waals surface area contributed by atoms with Crippen LogP contribution in [0.25, 0.3) is 0 Å². The standard InChI is InChI=1S/C28H29N2O6/c31-24-12-14-35-13-2-3-20(24)15-18-6-8-19(9-7-18)17-36-25-5-1-4-21-22(25)16-30(28(21)34)23-10-11-26(32)29-27(23)33/h1,3-9,23-24H,2,10-17H2,(H,29,32,33)/q-1/b20-3+. The third-order valence-corrected chi connectivity index (χ3v) is 6.97. The molecule has 2 unspecified atom stereocenters. The monoisotopic (exact) mass is 489 g/mol. The number of amides is 3. The third-order valence-electron chi connectivity index (χ3n) is 6.97. The highest BCUT2D eigenvalue weighted by Gasteiger charge is 2.40. The minimum absolute atomic E-state index is 0.219. The highest BCUT2D eigenvalue weighted by molar-refractivity contribution is 6.05. The largest absolute Gasteiger partial charge is 0.849 e. The van der Waals surface area contributed by atoms with E-state index in [0.29, 0.717) is 50.4 Å². The fourth-order valence-electron chi connectivity index (χ4n) is 4.97. The predicted molar refractivity (Wildman–Crippen MR) is 129 cm³/mol. The van der Waals surface area contributed by atoms with Crippen LogP contribution in [0.1, 0.15) is 52.7 Å². The molecule has 3 amide bonds. The third kappa shape index (κ3) is 5.20. The zero-order chi connectivity index (χ0) is 25.1. The molecule has 2 aromatic carbocycles. The molecule has 2 atom stereocenters. The van der Waals surface area contributed by atoms with Crippen molar-refractivity contribution in [2.45, 2.75) is 57.4 Å². The highest BCUT2D eigenvalue weighted by atomic mass is 16.5. The summed E-state index contributed by atoms with van der Waals surface area (Å²) in [6.45, 7) is 1.77. The van der Waals surface area contributed by atoms with Crippen LogP contribution in [0.5, 0.6) is 5.75 Å². The number of carbonyl (C=O) groups is 3. The van der Waals surface area contributed by atoms with Gasteiger partial charge in [0.2, 0.25) is 11.8 Å². The maximum absolute atomic E-state index is 13.0. The van der Waals surface area contributed by atoms with Gasteiger partial charge in [-0.15, -0.1) is 6.10 Å². The second-order valence-corrected chi connectivity index (χ2v) is 9.42. The summed E-state index contributed by atoms with van der Waals surface area (Å²) in [6.07, 6.45) is 3.74. The molecule has 1 fully saturated rings. The summed E-state index contributed by atoms with van der Waals surface area (Å²) in [6, 6.07) is 12.7. The number of hydrogen-bond acceptors (Lipinski definition) is 6. The van der Waals surface area contributed by atoms with Gasteiger partial charge in [-0.05, 0) is 48.9 Å². The van der Waals surface area contributed by atoms with Crippen molar-refractivity contribution in [2.75, 3.05) is 13.2 Å². The van der Waals surface area contributed by atoms with Gasteiger partial charge in [-0.1, -0.05) is 42.0 Å². The minimum atomic E-state index is -0.726. The Morgan fingerprint density at radius 1 is 1.03 bits per heavy atom. The van der Waals surface area contributed by atoms with E-state index in [2.05, 4.69) is 5.32 Å². The van der Waals surface area contributed by atoms with Crippen LogP contribution in [0.15, 0.2) is 54.1 Å². The maximum atomic E-state index is 13.0. The van der Waals surface area contributed by atoms with E-state index >= 15 is 0 Å². The van der Waals surface area contributed by atoms with Crippen LogP contribution >= 0.6 is 0 Å². The summed E-state index contributed by atoms with van der Waals surface area (Å²) < 4.78 is 11.5. The van der Waals surface area contributed by atoms with Crippen molar-refractivity contribution in [3.63, 3.8) is 0 Å². The van der Waals surface area contributed by atoms with Gasteiger partial charge in [0, 0.05) is 24.2 Å². The Labute approximate surface area is 209 Å². The van der Waals surface area contributed by atoms with Crippen LogP contribution in [0, 0.1) is 0 Å². The minimum Gasteiger partial charge on any atom is -0.849 e. The molecule has 0 spiro atoms. The van der Waals surface area contributed by atoms with Crippen LogP contribution in [-0.2, 0) is 33.9 Å². The molecule has 5 rings (SSSR count). The Hall–Kier alpha value is -3.49. The molecule has 36 heavy (non-hydrogen) atoms. The van der Waals surface area contributed by atoms with Gasteiger partial charge in [-0.25, -0.2) is 0 Å². The van der Waals surface area contributed by atoms with Crippen molar-refractivity contribution in [3.05, 3.63) is 76.4 Å². The Bertz CT molecular complexity index is 1190. The number of fused-ring (bicyclic) bond motifs is 1. The van der Waals surface area contributed by atoms with Gasteiger partial charge >= 0.3 is 0 Å². The van der Waals surface area contributed by atoms with Crippen LogP contribution in [0.4, 0.5) is 0 Å². The molecule has 3 heterocycles. The lowest BCUT2D eigenvalue weighted by atomic mass is 9.96. The van der Waals surface area contributed by atoms with E-state index in [1.165, 1.54) is 4.90 Å². The second-order valence-electron chi connectivity index (χ2n) is 9.42. The molecule has 0 aliphatic carbocycles. The molecule has 0 bridgehead atoms. The van der Waals surface area contributed by atoms with Crippen LogP contribution < -0.4 is 15.2 Å². The number of carbonyl (C=O) groups excluding carboxylic acids is 3. The first-order valence-electron chi connectivity index (χ1n) is 12.4. The lowest BCUT2D eigenvalue weighted by Crippen LogP contribution is -2.52. The van der Waals surface area contributed by atoms with E-state index in [1.54, 1.807) is 12.1 Å². The average molecular weight is 490 g/mol.